The smallest absolute Gasteiger partial charge is 0.303 e. The van der Waals surface area contributed by atoms with Gasteiger partial charge in [0, 0.05) is 19.4 Å². The molecule has 0 aliphatic rings. The van der Waals surface area contributed by atoms with Gasteiger partial charge in [-0.15, -0.1) is 0 Å². The zero-order valence-corrected chi connectivity index (χ0v) is 10.8. The van der Waals surface area contributed by atoms with E-state index in [0.29, 0.717) is 13.0 Å². The number of hydrogen-bond acceptors (Lipinski definition) is 2. The van der Waals surface area contributed by atoms with Crippen LogP contribution in [0.2, 0.25) is 0 Å². The van der Waals surface area contributed by atoms with Gasteiger partial charge in [0.05, 0.1) is 0 Å². The number of hydrogen-bond donors (Lipinski definition) is 2. The normalized spacial score (nSPS) is 10.1. The summed E-state index contributed by atoms with van der Waals surface area (Å²) in [7, 11) is 0. The van der Waals surface area contributed by atoms with E-state index in [1.54, 1.807) is 0 Å². The molecule has 1 amide bonds. The number of rotatable bonds is 6. The predicted molar refractivity (Wildman–Crippen MR) is 69.2 cm³/mol. The lowest BCUT2D eigenvalue weighted by molar-refractivity contribution is -0.137. The third-order valence-corrected chi connectivity index (χ3v) is 2.78. The lowest BCUT2D eigenvalue weighted by Gasteiger charge is -2.08. The van der Waals surface area contributed by atoms with Crippen LogP contribution in [0, 0.1) is 13.8 Å². The fourth-order valence-electron chi connectivity index (χ4n) is 1.67. The van der Waals surface area contributed by atoms with Crippen molar-refractivity contribution in [2.45, 2.75) is 39.7 Å². The van der Waals surface area contributed by atoms with Gasteiger partial charge in [0.1, 0.15) is 0 Å². The van der Waals surface area contributed by atoms with E-state index in [1.165, 1.54) is 0 Å². The lowest BCUT2D eigenvalue weighted by atomic mass is 10.1. The Kier molecular flexibility index (Phi) is 5.36. The molecule has 0 heterocycles. The van der Waals surface area contributed by atoms with E-state index in [0.717, 1.165) is 16.7 Å². The van der Waals surface area contributed by atoms with Crippen LogP contribution in [0.1, 0.15) is 36.0 Å². The summed E-state index contributed by atoms with van der Waals surface area (Å²) in [6, 6.07) is 6.11. The predicted octanol–water partition coefficient (Wildman–Crippen LogP) is 2.17. The first-order chi connectivity index (χ1) is 8.49. The Morgan fingerprint density at radius 3 is 2.61 bits per heavy atom. The molecule has 0 saturated heterocycles. The zero-order chi connectivity index (χ0) is 13.5. The molecule has 0 fully saturated rings. The molecule has 0 bridgehead atoms. The van der Waals surface area contributed by atoms with Crippen LogP contribution in [0.4, 0.5) is 0 Å². The standard InChI is InChI=1S/C14H19NO3/c1-10-6-7-11(2)12(8-10)9-15-13(16)4-3-5-14(17)18/h6-8H,3-5,9H2,1-2H3,(H,15,16)(H,17,18). The van der Waals surface area contributed by atoms with E-state index in [-0.39, 0.29) is 18.7 Å². The van der Waals surface area contributed by atoms with Gasteiger partial charge >= 0.3 is 5.97 Å². The van der Waals surface area contributed by atoms with Crippen molar-refractivity contribution in [3.8, 4) is 0 Å². The number of carboxylic acids is 1. The number of benzene rings is 1. The molecule has 0 unspecified atom stereocenters. The van der Waals surface area contributed by atoms with Gasteiger partial charge in [-0.25, -0.2) is 0 Å². The van der Waals surface area contributed by atoms with Crippen LogP contribution in [0.25, 0.3) is 0 Å². The largest absolute Gasteiger partial charge is 0.481 e. The first kappa shape index (κ1) is 14.2. The van der Waals surface area contributed by atoms with Gasteiger partial charge in [0.15, 0.2) is 0 Å². The van der Waals surface area contributed by atoms with Gasteiger partial charge in [-0.3, -0.25) is 9.59 Å². The van der Waals surface area contributed by atoms with Crippen LogP contribution in [0.15, 0.2) is 18.2 Å². The maximum Gasteiger partial charge on any atom is 0.303 e. The van der Waals surface area contributed by atoms with Crippen molar-refractivity contribution >= 4 is 11.9 Å². The lowest BCUT2D eigenvalue weighted by Crippen LogP contribution is -2.23. The first-order valence-corrected chi connectivity index (χ1v) is 6.03. The molecule has 1 aromatic rings. The molecule has 1 aromatic carbocycles. The average molecular weight is 249 g/mol. The molecule has 0 saturated carbocycles. The summed E-state index contributed by atoms with van der Waals surface area (Å²) in [6.45, 7) is 4.52. The second-order valence-corrected chi connectivity index (χ2v) is 4.45. The van der Waals surface area contributed by atoms with Crippen LogP contribution in [0.3, 0.4) is 0 Å². The number of amides is 1. The Morgan fingerprint density at radius 2 is 1.94 bits per heavy atom. The molecule has 0 aromatic heterocycles. The minimum absolute atomic E-state index is 0.0386. The summed E-state index contributed by atoms with van der Waals surface area (Å²) >= 11 is 0. The molecule has 0 aliphatic carbocycles. The van der Waals surface area contributed by atoms with Crippen LogP contribution in [-0.4, -0.2) is 17.0 Å². The van der Waals surface area contributed by atoms with Crippen molar-refractivity contribution in [3.63, 3.8) is 0 Å². The Labute approximate surface area is 107 Å². The number of carbonyl (C=O) groups excluding carboxylic acids is 1. The summed E-state index contributed by atoms with van der Waals surface area (Å²) in [5.74, 6) is -0.963. The SMILES string of the molecule is Cc1ccc(C)c(CNC(=O)CCCC(=O)O)c1. The number of nitrogens with one attached hydrogen (secondary N) is 1. The first-order valence-electron chi connectivity index (χ1n) is 6.03. The van der Waals surface area contributed by atoms with E-state index < -0.39 is 5.97 Å². The summed E-state index contributed by atoms with van der Waals surface area (Å²) in [6.07, 6.45) is 0.683. The van der Waals surface area contributed by atoms with E-state index in [2.05, 4.69) is 5.32 Å². The molecule has 98 valence electrons. The highest BCUT2D eigenvalue weighted by Gasteiger charge is 2.05. The third kappa shape index (κ3) is 4.99. The van der Waals surface area contributed by atoms with Gasteiger partial charge < -0.3 is 10.4 Å². The highest BCUT2D eigenvalue weighted by atomic mass is 16.4. The Bertz CT molecular complexity index is 441. The minimum Gasteiger partial charge on any atom is -0.481 e. The zero-order valence-electron chi connectivity index (χ0n) is 10.8. The van der Waals surface area contributed by atoms with E-state index in [4.69, 9.17) is 5.11 Å². The van der Waals surface area contributed by atoms with Crippen molar-refractivity contribution in [1.82, 2.24) is 5.32 Å². The summed E-state index contributed by atoms with van der Waals surface area (Å²) in [5, 5.41) is 11.3. The van der Waals surface area contributed by atoms with Gasteiger partial charge in [-0.1, -0.05) is 23.8 Å². The van der Waals surface area contributed by atoms with Crippen molar-refractivity contribution in [2.75, 3.05) is 0 Å². The second-order valence-electron chi connectivity index (χ2n) is 4.45. The Balaban J connectivity index is 2.38. The molecule has 4 heteroatoms. The molecule has 0 spiro atoms. The Hall–Kier alpha value is -1.84. The molecule has 0 aliphatic heterocycles. The molecule has 0 atom stereocenters. The summed E-state index contributed by atoms with van der Waals surface area (Å²) in [5.41, 5.74) is 3.41. The summed E-state index contributed by atoms with van der Waals surface area (Å²) < 4.78 is 0. The molecular formula is C14H19NO3. The number of aliphatic carboxylic acids is 1. The van der Waals surface area contributed by atoms with Crippen LogP contribution in [-0.2, 0) is 16.1 Å². The van der Waals surface area contributed by atoms with E-state index in [9.17, 15) is 9.59 Å². The maximum absolute atomic E-state index is 11.5. The third-order valence-electron chi connectivity index (χ3n) is 2.78. The quantitative estimate of drug-likeness (QED) is 0.812. The second kappa shape index (κ2) is 6.79. The molecular weight excluding hydrogens is 230 g/mol. The van der Waals surface area contributed by atoms with Crippen molar-refractivity contribution in [2.24, 2.45) is 0 Å². The molecule has 4 nitrogen and oxygen atoms in total. The molecule has 2 N–H and O–H groups in total. The number of carbonyl (C=O) groups is 2. The monoisotopic (exact) mass is 249 g/mol. The van der Waals surface area contributed by atoms with Gasteiger partial charge in [0.2, 0.25) is 5.91 Å². The fourth-order valence-corrected chi connectivity index (χ4v) is 1.67. The van der Waals surface area contributed by atoms with E-state index in [1.807, 2.05) is 32.0 Å². The topological polar surface area (TPSA) is 66.4 Å². The number of aryl methyl sites for hydroxylation is 2. The molecule has 0 radical (unpaired) electrons. The maximum atomic E-state index is 11.5. The highest BCUT2D eigenvalue weighted by molar-refractivity contribution is 5.76. The van der Waals surface area contributed by atoms with Crippen molar-refractivity contribution in [3.05, 3.63) is 34.9 Å². The van der Waals surface area contributed by atoms with E-state index >= 15 is 0 Å². The fraction of sp³-hybridized carbons (Fsp3) is 0.429. The van der Waals surface area contributed by atoms with Gasteiger partial charge in [0.25, 0.3) is 0 Å². The average Bonchev–Trinajstić information content (AvgIpc) is 2.30. The molecule has 1 rings (SSSR count). The van der Waals surface area contributed by atoms with Crippen LogP contribution < -0.4 is 5.32 Å². The minimum atomic E-state index is -0.864. The number of carboxylic acid groups (broad SMARTS) is 1. The Morgan fingerprint density at radius 1 is 1.22 bits per heavy atom. The van der Waals surface area contributed by atoms with Crippen LogP contribution >= 0.6 is 0 Å². The van der Waals surface area contributed by atoms with Crippen molar-refractivity contribution < 1.29 is 14.7 Å². The van der Waals surface area contributed by atoms with Crippen molar-refractivity contribution in [1.29, 1.82) is 0 Å². The summed E-state index contributed by atoms with van der Waals surface area (Å²) in [4.78, 5) is 21.8. The molecule has 18 heavy (non-hydrogen) atoms. The van der Waals surface area contributed by atoms with Gasteiger partial charge in [-0.2, -0.15) is 0 Å². The van der Waals surface area contributed by atoms with Gasteiger partial charge in [-0.05, 0) is 31.4 Å². The highest BCUT2D eigenvalue weighted by Crippen LogP contribution is 2.10. The van der Waals surface area contributed by atoms with Crippen LogP contribution in [0.5, 0.6) is 0 Å².